The fraction of sp³-hybridized carbons (Fsp3) is 0.611. The van der Waals surface area contributed by atoms with Crippen molar-refractivity contribution in [2.24, 2.45) is 11.7 Å². The third-order valence-electron chi connectivity index (χ3n) is 5.06. The SMILES string of the molecule is NC1CCCC(C(=O)NC2CCCc3cc(OC(F)F)ccc32)C1. The van der Waals surface area contributed by atoms with Crippen LogP contribution in [0.25, 0.3) is 0 Å². The molecule has 4 nitrogen and oxygen atoms in total. The van der Waals surface area contributed by atoms with Crippen molar-refractivity contribution in [3.8, 4) is 5.75 Å². The Hall–Kier alpha value is -1.69. The standard InChI is InChI=1S/C18H24F2N2O2/c19-18(20)24-14-7-8-15-11(10-14)3-2-6-16(15)22-17(23)12-4-1-5-13(21)9-12/h7-8,10,12-13,16,18H,1-6,9,21H2,(H,22,23). The van der Waals surface area contributed by atoms with Gasteiger partial charge in [-0.25, -0.2) is 0 Å². The van der Waals surface area contributed by atoms with E-state index < -0.39 is 6.61 Å². The van der Waals surface area contributed by atoms with Crippen molar-refractivity contribution in [2.45, 2.75) is 63.6 Å². The zero-order valence-electron chi connectivity index (χ0n) is 13.6. The number of ether oxygens (including phenoxy) is 1. The quantitative estimate of drug-likeness (QED) is 0.885. The molecule has 0 saturated heterocycles. The van der Waals surface area contributed by atoms with Crippen LogP contribution in [0.4, 0.5) is 8.78 Å². The second-order valence-corrected chi connectivity index (χ2v) is 6.82. The topological polar surface area (TPSA) is 64.4 Å². The smallest absolute Gasteiger partial charge is 0.387 e. The van der Waals surface area contributed by atoms with E-state index in [1.807, 2.05) is 0 Å². The predicted octanol–water partition coefficient (Wildman–Crippen LogP) is 3.30. The summed E-state index contributed by atoms with van der Waals surface area (Å²) in [7, 11) is 0. The molecular weight excluding hydrogens is 314 g/mol. The van der Waals surface area contributed by atoms with E-state index in [2.05, 4.69) is 10.1 Å². The van der Waals surface area contributed by atoms with E-state index in [9.17, 15) is 13.6 Å². The van der Waals surface area contributed by atoms with Gasteiger partial charge in [0.15, 0.2) is 0 Å². The van der Waals surface area contributed by atoms with Gasteiger partial charge >= 0.3 is 6.61 Å². The Kier molecular flexibility index (Phi) is 5.33. The minimum Gasteiger partial charge on any atom is -0.435 e. The van der Waals surface area contributed by atoms with Crippen LogP contribution in [0.1, 0.15) is 55.7 Å². The summed E-state index contributed by atoms with van der Waals surface area (Å²) in [5.74, 6) is 0.227. The van der Waals surface area contributed by atoms with Gasteiger partial charge < -0.3 is 15.8 Å². The van der Waals surface area contributed by atoms with Gasteiger partial charge in [0.2, 0.25) is 5.91 Å². The second kappa shape index (κ2) is 7.47. The highest BCUT2D eigenvalue weighted by Crippen LogP contribution is 2.33. The minimum atomic E-state index is -2.82. The molecule has 1 aromatic carbocycles. The number of amides is 1. The average molecular weight is 338 g/mol. The molecule has 0 radical (unpaired) electrons. The van der Waals surface area contributed by atoms with Gasteiger partial charge in [-0.05, 0) is 61.8 Å². The van der Waals surface area contributed by atoms with Crippen molar-refractivity contribution in [1.82, 2.24) is 5.32 Å². The molecule has 1 saturated carbocycles. The van der Waals surface area contributed by atoms with Crippen LogP contribution in [0.5, 0.6) is 5.75 Å². The molecule has 3 atom stereocenters. The molecule has 2 aliphatic carbocycles. The Bertz CT molecular complexity index is 594. The molecule has 0 aromatic heterocycles. The number of alkyl halides is 2. The molecule has 0 spiro atoms. The fourth-order valence-corrected chi connectivity index (χ4v) is 3.87. The van der Waals surface area contributed by atoms with E-state index in [1.165, 1.54) is 0 Å². The van der Waals surface area contributed by atoms with Crippen LogP contribution in [-0.4, -0.2) is 18.6 Å². The molecule has 1 fully saturated rings. The number of aryl methyl sites for hydroxylation is 1. The Morgan fingerprint density at radius 3 is 2.83 bits per heavy atom. The molecule has 2 aliphatic rings. The third-order valence-corrected chi connectivity index (χ3v) is 5.06. The van der Waals surface area contributed by atoms with E-state index in [1.54, 1.807) is 18.2 Å². The maximum absolute atomic E-state index is 12.5. The van der Waals surface area contributed by atoms with Crippen LogP contribution in [0.2, 0.25) is 0 Å². The summed E-state index contributed by atoms with van der Waals surface area (Å²) >= 11 is 0. The number of benzene rings is 1. The summed E-state index contributed by atoms with van der Waals surface area (Å²) in [6, 6.07) is 5.06. The number of carbonyl (C=O) groups is 1. The van der Waals surface area contributed by atoms with E-state index in [0.717, 1.165) is 56.1 Å². The third kappa shape index (κ3) is 4.04. The normalized spacial score (nSPS) is 26.8. The lowest BCUT2D eigenvalue weighted by Crippen LogP contribution is -2.40. The lowest BCUT2D eigenvalue weighted by molar-refractivity contribution is -0.127. The first kappa shape index (κ1) is 17.1. The summed E-state index contributed by atoms with van der Waals surface area (Å²) in [6.45, 7) is -2.82. The van der Waals surface area contributed by atoms with Gasteiger partial charge in [-0.1, -0.05) is 12.5 Å². The summed E-state index contributed by atoms with van der Waals surface area (Å²) in [6.07, 6.45) is 6.22. The predicted molar refractivity (Wildman–Crippen MR) is 86.8 cm³/mol. The maximum atomic E-state index is 12.5. The number of hydrogen-bond donors (Lipinski definition) is 2. The van der Waals surface area contributed by atoms with E-state index in [4.69, 9.17) is 5.73 Å². The largest absolute Gasteiger partial charge is 0.435 e. The number of nitrogens with two attached hydrogens (primary N) is 1. The lowest BCUT2D eigenvalue weighted by atomic mass is 9.84. The molecule has 0 heterocycles. The summed E-state index contributed by atoms with van der Waals surface area (Å²) in [5, 5.41) is 3.14. The molecule has 3 unspecified atom stereocenters. The molecule has 1 amide bonds. The van der Waals surface area contributed by atoms with Crippen molar-refractivity contribution in [3.63, 3.8) is 0 Å². The summed E-state index contributed by atoms with van der Waals surface area (Å²) in [4.78, 5) is 12.5. The molecule has 1 aromatic rings. The highest BCUT2D eigenvalue weighted by atomic mass is 19.3. The average Bonchev–Trinajstić information content (AvgIpc) is 2.54. The number of carbonyl (C=O) groups excluding carboxylic acids is 1. The van der Waals surface area contributed by atoms with Crippen LogP contribution in [0.15, 0.2) is 18.2 Å². The molecule has 0 aliphatic heterocycles. The van der Waals surface area contributed by atoms with Gasteiger partial charge in [0.05, 0.1) is 6.04 Å². The first-order valence-corrected chi connectivity index (χ1v) is 8.66. The van der Waals surface area contributed by atoms with Crippen molar-refractivity contribution < 1.29 is 18.3 Å². The molecule has 3 rings (SSSR count). The molecule has 132 valence electrons. The van der Waals surface area contributed by atoms with Gasteiger partial charge in [-0.15, -0.1) is 0 Å². The summed E-state index contributed by atoms with van der Waals surface area (Å²) in [5.41, 5.74) is 7.96. The van der Waals surface area contributed by atoms with Crippen LogP contribution in [0, 0.1) is 5.92 Å². The number of fused-ring (bicyclic) bond motifs is 1. The Balaban J connectivity index is 1.69. The monoisotopic (exact) mass is 338 g/mol. The van der Waals surface area contributed by atoms with Gasteiger partial charge in [0.25, 0.3) is 0 Å². The fourth-order valence-electron chi connectivity index (χ4n) is 3.87. The van der Waals surface area contributed by atoms with Crippen molar-refractivity contribution in [1.29, 1.82) is 0 Å². The summed E-state index contributed by atoms with van der Waals surface area (Å²) < 4.78 is 29.2. The molecule has 0 bridgehead atoms. The zero-order valence-corrected chi connectivity index (χ0v) is 13.6. The van der Waals surface area contributed by atoms with Crippen molar-refractivity contribution >= 4 is 5.91 Å². The second-order valence-electron chi connectivity index (χ2n) is 6.82. The van der Waals surface area contributed by atoms with Crippen molar-refractivity contribution in [2.75, 3.05) is 0 Å². The minimum absolute atomic E-state index is 0.0134. The van der Waals surface area contributed by atoms with Crippen molar-refractivity contribution in [3.05, 3.63) is 29.3 Å². The molecular formula is C18H24F2N2O2. The van der Waals surface area contributed by atoms with Crippen LogP contribution >= 0.6 is 0 Å². The Morgan fingerprint density at radius 1 is 1.25 bits per heavy atom. The number of nitrogens with one attached hydrogen (secondary N) is 1. The molecule has 6 heteroatoms. The zero-order chi connectivity index (χ0) is 17.1. The van der Waals surface area contributed by atoms with Crippen LogP contribution in [0.3, 0.4) is 0 Å². The lowest BCUT2D eigenvalue weighted by Gasteiger charge is -2.31. The number of hydrogen-bond acceptors (Lipinski definition) is 3. The van der Waals surface area contributed by atoms with E-state index in [-0.39, 0.29) is 29.7 Å². The van der Waals surface area contributed by atoms with Gasteiger partial charge in [-0.2, -0.15) is 8.78 Å². The Labute approximate surface area is 140 Å². The number of halogens is 2. The van der Waals surface area contributed by atoms with Crippen LogP contribution < -0.4 is 15.8 Å². The van der Waals surface area contributed by atoms with Gasteiger partial charge in [0.1, 0.15) is 5.75 Å². The maximum Gasteiger partial charge on any atom is 0.387 e. The highest BCUT2D eigenvalue weighted by molar-refractivity contribution is 5.79. The Morgan fingerprint density at radius 2 is 2.08 bits per heavy atom. The van der Waals surface area contributed by atoms with Gasteiger partial charge in [0, 0.05) is 12.0 Å². The number of rotatable bonds is 4. The van der Waals surface area contributed by atoms with E-state index >= 15 is 0 Å². The molecule has 3 N–H and O–H groups in total. The highest BCUT2D eigenvalue weighted by Gasteiger charge is 2.29. The first-order valence-electron chi connectivity index (χ1n) is 8.66. The van der Waals surface area contributed by atoms with Crippen LogP contribution in [-0.2, 0) is 11.2 Å². The van der Waals surface area contributed by atoms with E-state index in [0.29, 0.717) is 0 Å². The molecule has 24 heavy (non-hydrogen) atoms. The first-order chi connectivity index (χ1) is 11.5. The van der Waals surface area contributed by atoms with Gasteiger partial charge in [-0.3, -0.25) is 4.79 Å².